The normalized spacial score (nSPS) is 12.0. The molecule has 0 N–H and O–H groups in total. The Balaban J connectivity index is 1.10. The van der Waals surface area contributed by atoms with Gasteiger partial charge in [0.05, 0.1) is 45.0 Å². The molecule has 0 saturated heterocycles. The fourth-order valence-corrected chi connectivity index (χ4v) is 9.29. The molecule has 0 aliphatic carbocycles. The molecule has 0 aliphatic heterocycles. The largest absolute Gasteiger partial charge is 0.309 e. The lowest BCUT2D eigenvalue weighted by atomic mass is 9.97. The molecule has 0 saturated carbocycles. The fraction of sp³-hybridized carbons (Fsp3) is 0. The third-order valence-corrected chi connectivity index (χ3v) is 11.7. The van der Waals surface area contributed by atoms with Gasteiger partial charge in [0.25, 0.3) is 0 Å². The maximum Gasteiger partial charge on any atom is 0.113 e. The summed E-state index contributed by atoms with van der Waals surface area (Å²) in [5, 5.41) is 8.24. The van der Waals surface area contributed by atoms with Crippen molar-refractivity contribution in [3.63, 3.8) is 0 Å². The van der Waals surface area contributed by atoms with Crippen LogP contribution in [0.3, 0.4) is 0 Å². The van der Waals surface area contributed by atoms with Gasteiger partial charge in [-0.25, -0.2) is 4.98 Å². The Labute approximate surface area is 319 Å². The first-order chi connectivity index (χ1) is 27.3. The van der Waals surface area contributed by atoms with Crippen LogP contribution in [-0.4, -0.2) is 22.9 Å². The lowest BCUT2D eigenvalue weighted by Crippen LogP contribution is -2.00. The topological polar surface area (TPSA) is 48.5 Å². The minimum atomic E-state index is 0.914. The number of fused-ring (bicyclic) bond motifs is 11. The summed E-state index contributed by atoms with van der Waals surface area (Å²) < 4.78 is 14.1. The fourth-order valence-electron chi connectivity index (χ4n) is 8.75. The molecule has 4 aromatic heterocycles. The molecular weight excluding hydrogens is 691 g/mol. The van der Waals surface area contributed by atoms with E-state index >= 15 is 0 Å². The summed E-state index contributed by atoms with van der Waals surface area (Å²) in [6.07, 6.45) is 0. The third-order valence-electron chi connectivity index (χ3n) is 11.2. The van der Waals surface area contributed by atoms with Crippen LogP contribution in [0.5, 0.6) is 0 Å². The summed E-state index contributed by atoms with van der Waals surface area (Å²) in [5.74, 6) is 0. The second kappa shape index (κ2) is 11.7. The smallest absolute Gasteiger partial charge is 0.113 e. The van der Waals surface area contributed by atoms with Gasteiger partial charge in [-0.2, -0.15) is 8.75 Å². The molecule has 0 radical (unpaired) electrons. The van der Waals surface area contributed by atoms with Crippen molar-refractivity contribution < 1.29 is 0 Å². The van der Waals surface area contributed by atoms with Gasteiger partial charge in [0.1, 0.15) is 11.0 Å². The second-order valence-electron chi connectivity index (χ2n) is 14.2. The molecule has 6 heteroatoms. The molecule has 0 aliphatic rings. The summed E-state index contributed by atoms with van der Waals surface area (Å²) in [7, 11) is 0. The Morgan fingerprint density at radius 2 is 0.855 bits per heavy atom. The molecule has 8 aromatic carbocycles. The lowest BCUT2D eigenvalue weighted by molar-refractivity contribution is 1.13. The van der Waals surface area contributed by atoms with Gasteiger partial charge in [-0.1, -0.05) is 115 Å². The Hall–Kier alpha value is -7.15. The van der Waals surface area contributed by atoms with E-state index in [0.29, 0.717) is 0 Å². The minimum absolute atomic E-state index is 0.914. The highest BCUT2D eigenvalue weighted by atomic mass is 32.1. The standard InChI is InChI=1S/C49H29N5S/c1-6-16-41-39(15-1)47-40(25-26-42-49(47)52-55-51-42)48(50-41)31-23-21-30(22-24-31)32-27-33(53-43-17-7-2-11-35(43)36-12-3-8-18-44(36)53)29-34(28-32)54-45-19-9-4-13-37(45)38-14-5-10-20-46(38)54/h1-29H. The van der Waals surface area contributed by atoms with E-state index in [1.54, 1.807) is 0 Å². The first kappa shape index (κ1) is 30.3. The van der Waals surface area contributed by atoms with E-state index in [9.17, 15) is 0 Å². The van der Waals surface area contributed by atoms with E-state index < -0.39 is 0 Å². The van der Waals surface area contributed by atoms with Crippen LogP contribution in [0.15, 0.2) is 176 Å². The Bertz CT molecular complexity index is 3260. The van der Waals surface area contributed by atoms with Crippen LogP contribution in [0.2, 0.25) is 0 Å². The van der Waals surface area contributed by atoms with Crippen molar-refractivity contribution in [3.8, 4) is 33.8 Å². The highest BCUT2D eigenvalue weighted by Gasteiger charge is 2.19. The highest BCUT2D eigenvalue weighted by Crippen LogP contribution is 2.40. The average Bonchev–Trinajstić information content (AvgIpc) is 3.96. The molecule has 55 heavy (non-hydrogen) atoms. The molecule has 5 nitrogen and oxygen atoms in total. The van der Waals surface area contributed by atoms with Gasteiger partial charge < -0.3 is 9.13 Å². The second-order valence-corrected chi connectivity index (χ2v) is 14.7. The van der Waals surface area contributed by atoms with Crippen molar-refractivity contribution in [1.82, 2.24) is 22.9 Å². The Morgan fingerprint density at radius 3 is 1.42 bits per heavy atom. The van der Waals surface area contributed by atoms with E-state index in [0.717, 1.165) is 66.5 Å². The lowest BCUT2D eigenvalue weighted by Gasteiger charge is -2.16. The van der Waals surface area contributed by atoms with Crippen molar-refractivity contribution in [1.29, 1.82) is 0 Å². The van der Waals surface area contributed by atoms with Crippen LogP contribution in [0.25, 0.3) is 110 Å². The van der Waals surface area contributed by atoms with E-state index in [1.807, 2.05) is 6.07 Å². The van der Waals surface area contributed by atoms with Crippen LogP contribution in [0.4, 0.5) is 0 Å². The van der Waals surface area contributed by atoms with Crippen LogP contribution in [0.1, 0.15) is 0 Å². The van der Waals surface area contributed by atoms with Gasteiger partial charge >= 0.3 is 0 Å². The molecule has 256 valence electrons. The Morgan fingerprint density at radius 1 is 0.364 bits per heavy atom. The first-order valence-electron chi connectivity index (χ1n) is 18.5. The number of para-hydroxylation sites is 5. The molecule has 0 atom stereocenters. The molecule has 0 unspecified atom stereocenters. The number of rotatable bonds is 4. The summed E-state index contributed by atoms with van der Waals surface area (Å²) in [5.41, 5.74) is 14.0. The van der Waals surface area contributed by atoms with Crippen LogP contribution in [-0.2, 0) is 0 Å². The van der Waals surface area contributed by atoms with Gasteiger partial charge in [-0.3, -0.25) is 0 Å². The molecule has 0 fully saturated rings. The van der Waals surface area contributed by atoms with Gasteiger partial charge in [0.2, 0.25) is 0 Å². The number of benzene rings is 8. The van der Waals surface area contributed by atoms with Crippen LogP contribution in [0, 0.1) is 0 Å². The molecule has 0 amide bonds. The maximum atomic E-state index is 5.23. The number of hydrogen-bond acceptors (Lipinski definition) is 4. The van der Waals surface area contributed by atoms with Gasteiger partial charge in [-0.05, 0) is 71.8 Å². The molecule has 12 aromatic rings. The van der Waals surface area contributed by atoms with Crippen LogP contribution >= 0.6 is 11.7 Å². The van der Waals surface area contributed by atoms with Crippen molar-refractivity contribution in [3.05, 3.63) is 176 Å². The average molecular weight is 720 g/mol. The number of pyridine rings is 1. The summed E-state index contributed by atoms with van der Waals surface area (Å²) >= 11 is 1.26. The van der Waals surface area contributed by atoms with Gasteiger partial charge in [0.15, 0.2) is 0 Å². The molecule has 4 heterocycles. The minimum Gasteiger partial charge on any atom is -0.309 e. The zero-order valence-corrected chi connectivity index (χ0v) is 30.2. The van der Waals surface area contributed by atoms with Gasteiger partial charge in [-0.15, -0.1) is 0 Å². The zero-order valence-electron chi connectivity index (χ0n) is 29.4. The van der Waals surface area contributed by atoms with Crippen molar-refractivity contribution in [2.45, 2.75) is 0 Å². The molecule has 0 bridgehead atoms. The third kappa shape index (κ3) is 4.49. The van der Waals surface area contributed by atoms with Crippen molar-refractivity contribution >= 4 is 88.0 Å². The van der Waals surface area contributed by atoms with Crippen LogP contribution < -0.4 is 0 Å². The van der Waals surface area contributed by atoms with Crippen molar-refractivity contribution in [2.24, 2.45) is 0 Å². The zero-order chi connectivity index (χ0) is 36.0. The molecular formula is C49H29N5S. The summed E-state index contributed by atoms with van der Waals surface area (Å²) in [6.45, 7) is 0. The molecule has 12 rings (SSSR count). The SMILES string of the molecule is c1ccc2c(c1)nc(-c1ccc(-c3cc(-n4c5ccccc5c5ccccc54)cc(-n4c5ccccc5c5ccccc54)c3)cc1)c1ccc3nsnc3c12. The summed E-state index contributed by atoms with van der Waals surface area (Å²) in [6, 6.07) is 63.3. The summed E-state index contributed by atoms with van der Waals surface area (Å²) in [4.78, 5) is 5.23. The number of nitrogens with zero attached hydrogens (tertiary/aromatic N) is 5. The van der Waals surface area contributed by atoms with E-state index in [-0.39, 0.29) is 0 Å². The molecule has 0 spiro atoms. The highest BCUT2D eigenvalue weighted by molar-refractivity contribution is 7.00. The number of hydrogen-bond donors (Lipinski definition) is 0. The van der Waals surface area contributed by atoms with E-state index in [2.05, 4.69) is 183 Å². The predicted molar refractivity (Wildman–Crippen MR) is 230 cm³/mol. The quantitative estimate of drug-likeness (QED) is 0.170. The van der Waals surface area contributed by atoms with E-state index in [1.165, 1.54) is 55.3 Å². The van der Waals surface area contributed by atoms with Crippen molar-refractivity contribution in [2.75, 3.05) is 0 Å². The first-order valence-corrected chi connectivity index (χ1v) is 19.2. The Kier molecular flexibility index (Phi) is 6.44. The van der Waals surface area contributed by atoms with Gasteiger partial charge in [0, 0.05) is 54.6 Å². The maximum absolute atomic E-state index is 5.23. The number of aromatic nitrogens is 5. The van der Waals surface area contributed by atoms with E-state index in [4.69, 9.17) is 9.36 Å². The predicted octanol–water partition coefficient (Wildman–Crippen LogP) is 12.9. The monoisotopic (exact) mass is 719 g/mol.